The van der Waals surface area contributed by atoms with Gasteiger partial charge in [-0.3, -0.25) is 9.48 Å². The van der Waals surface area contributed by atoms with E-state index in [1.54, 1.807) is 37.6 Å². The van der Waals surface area contributed by atoms with E-state index in [0.29, 0.717) is 22.4 Å². The summed E-state index contributed by atoms with van der Waals surface area (Å²) in [7, 11) is 1.86. The summed E-state index contributed by atoms with van der Waals surface area (Å²) >= 11 is 6.11. The Morgan fingerprint density at radius 2 is 1.90 bits per heavy atom. The van der Waals surface area contributed by atoms with E-state index >= 15 is 0 Å². The Kier molecular flexibility index (Phi) is 6.68. The number of carbonyl (C=O) groups is 1. The smallest absolute Gasteiger partial charge is 0.359 e. The average Bonchev–Trinajstić information content (AvgIpc) is 3.23. The minimum atomic E-state index is -0.699. The fourth-order valence-corrected chi connectivity index (χ4v) is 4.69. The summed E-state index contributed by atoms with van der Waals surface area (Å²) in [5.41, 5.74) is 3.46. The number of fused-ring (bicyclic) bond motifs is 2. The molecule has 200 valence electrons. The van der Waals surface area contributed by atoms with Gasteiger partial charge in [0, 0.05) is 35.8 Å². The third kappa shape index (κ3) is 5.52. The molecule has 39 heavy (non-hydrogen) atoms. The average molecular weight is 545 g/mol. The normalized spacial score (nSPS) is 12.6. The van der Waals surface area contributed by atoms with Gasteiger partial charge >= 0.3 is 5.97 Å². The van der Waals surface area contributed by atoms with Crippen LogP contribution in [0.3, 0.4) is 0 Å². The lowest BCUT2D eigenvalue weighted by Crippen LogP contribution is -2.25. The van der Waals surface area contributed by atoms with E-state index in [-0.39, 0.29) is 22.3 Å². The standard InChI is InChI=1S/C30H29ClN4O4/c1-16-11-20(17(2)32-23-9-10-26(31)33-27(23)29(37)39-30(3,4)5)28-21(12-16)24(36)14-25(38-28)18-7-8-22-19(13-18)15-35(6)34-22/h7-15,17,32H,1-6H3/t17-/m1/s1. The van der Waals surface area contributed by atoms with Crippen LogP contribution in [0, 0.1) is 6.92 Å². The van der Waals surface area contributed by atoms with Crippen molar-refractivity contribution in [3.05, 3.63) is 86.9 Å². The van der Waals surface area contributed by atoms with Crippen molar-refractivity contribution in [3.8, 4) is 11.3 Å². The molecule has 0 aliphatic carbocycles. The van der Waals surface area contributed by atoms with E-state index in [1.165, 1.54) is 6.07 Å². The predicted octanol–water partition coefficient (Wildman–Crippen LogP) is 6.83. The van der Waals surface area contributed by atoms with Crippen molar-refractivity contribution in [2.75, 3.05) is 5.32 Å². The van der Waals surface area contributed by atoms with Gasteiger partial charge in [0.2, 0.25) is 0 Å². The van der Waals surface area contributed by atoms with Crippen LogP contribution < -0.4 is 10.7 Å². The fraction of sp³-hybridized carbons (Fsp3) is 0.267. The highest BCUT2D eigenvalue weighted by molar-refractivity contribution is 6.29. The Labute approximate surface area is 230 Å². The number of halogens is 1. The molecule has 0 radical (unpaired) electrons. The molecule has 8 nitrogen and oxygen atoms in total. The first kappa shape index (κ1) is 26.4. The number of aromatic nitrogens is 3. The van der Waals surface area contributed by atoms with Crippen LogP contribution in [0.4, 0.5) is 5.69 Å². The molecule has 0 bridgehead atoms. The van der Waals surface area contributed by atoms with E-state index in [4.69, 9.17) is 20.8 Å². The molecule has 0 saturated carbocycles. The van der Waals surface area contributed by atoms with Crippen LogP contribution in [0.1, 0.15) is 55.4 Å². The van der Waals surface area contributed by atoms with Gasteiger partial charge in [-0.2, -0.15) is 5.10 Å². The van der Waals surface area contributed by atoms with E-state index in [2.05, 4.69) is 15.4 Å². The van der Waals surface area contributed by atoms with Crippen molar-refractivity contribution < 1.29 is 13.9 Å². The lowest BCUT2D eigenvalue weighted by Gasteiger charge is -2.22. The first-order valence-electron chi connectivity index (χ1n) is 12.6. The van der Waals surface area contributed by atoms with Crippen molar-refractivity contribution >= 4 is 45.1 Å². The summed E-state index contributed by atoms with van der Waals surface area (Å²) in [6.07, 6.45) is 1.92. The molecule has 0 amide bonds. The van der Waals surface area contributed by atoms with Crippen LogP contribution in [-0.2, 0) is 11.8 Å². The highest BCUT2D eigenvalue weighted by Crippen LogP contribution is 2.32. The molecule has 3 aromatic heterocycles. The van der Waals surface area contributed by atoms with Gasteiger partial charge in [-0.05, 0) is 76.6 Å². The number of ether oxygens (including phenoxy) is 1. The van der Waals surface area contributed by atoms with E-state index in [1.807, 2.05) is 57.4 Å². The first-order chi connectivity index (χ1) is 18.4. The lowest BCUT2D eigenvalue weighted by molar-refractivity contribution is 0.00640. The van der Waals surface area contributed by atoms with Gasteiger partial charge in [0.1, 0.15) is 22.1 Å². The van der Waals surface area contributed by atoms with Crippen LogP contribution in [0.15, 0.2) is 63.9 Å². The number of hydrogen-bond donors (Lipinski definition) is 1. The number of benzene rings is 2. The zero-order valence-corrected chi connectivity index (χ0v) is 23.4. The summed E-state index contributed by atoms with van der Waals surface area (Å²) in [6, 6.07) is 14.0. The molecule has 9 heteroatoms. The fourth-order valence-electron chi connectivity index (χ4n) is 4.55. The molecule has 1 atom stereocenters. The number of aryl methyl sites for hydroxylation is 2. The number of carbonyl (C=O) groups excluding carboxylic acids is 1. The van der Waals surface area contributed by atoms with Gasteiger partial charge in [-0.25, -0.2) is 9.78 Å². The van der Waals surface area contributed by atoms with Gasteiger partial charge in [0.05, 0.1) is 22.6 Å². The Morgan fingerprint density at radius 3 is 2.64 bits per heavy atom. The minimum Gasteiger partial charge on any atom is -0.455 e. The summed E-state index contributed by atoms with van der Waals surface area (Å²) in [5, 5.41) is 9.37. The summed E-state index contributed by atoms with van der Waals surface area (Å²) in [4.78, 5) is 30.4. The lowest BCUT2D eigenvalue weighted by atomic mass is 10.0. The second kappa shape index (κ2) is 9.85. The second-order valence-corrected chi connectivity index (χ2v) is 11.1. The van der Waals surface area contributed by atoms with Crippen LogP contribution in [-0.4, -0.2) is 26.3 Å². The number of rotatable bonds is 5. The largest absolute Gasteiger partial charge is 0.455 e. The topological polar surface area (TPSA) is 99.2 Å². The zero-order valence-electron chi connectivity index (χ0n) is 22.6. The number of esters is 1. The number of nitrogens with one attached hydrogen (secondary N) is 1. The Morgan fingerprint density at radius 1 is 1.13 bits per heavy atom. The maximum absolute atomic E-state index is 13.3. The molecule has 0 fully saturated rings. The third-order valence-electron chi connectivity index (χ3n) is 6.20. The zero-order chi connectivity index (χ0) is 28.1. The van der Waals surface area contributed by atoms with Crippen molar-refractivity contribution in [1.82, 2.24) is 14.8 Å². The maximum Gasteiger partial charge on any atom is 0.359 e. The number of pyridine rings is 1. The molecule has 3 heterocycles. The maximum atomic E-state index is 13.3. The van der Waals surface area contributed by atoms with Gasteiger partial charge in [0.15, 0.2) is 11.1 Å². The molecule has 0 aliphatic heterocycles. The number of hydrogen-bond acceptors (Lipinski definition) is 7. The molecule has 5 aromatic rings. The van der Waals surface area contributed by atoms with Crippen LogP contribution in [0.5, 0.6) is 0 Å². The van der Waals surface area contributed by atoms with Gasteiger partial charge < -0.3 is 14.5 Å². The Bertz CT molecular complexity index is 1800. The molecule has 2 aromatic carbocycles. The third-order valence-corrected chi connectivity index (χ3v) is 6.41. The summed E-state index contributed by atoms with van der Waals surface area (Å²) < 4.78 is 13.7. The van der Waals surface area contributed by atoms with Gasteiger partial charge in [-0.15, -0.1) is 0 Å². The van der Waals surface area contributed by atoms with Gasteiger partial charge in [0.25, 0.3) is 0 Å². The van der Waals surface area contributed by atoms with E-state index in [0.717, 1.165) is 27.6 Å². The van der Waals surface area contributed by atoms with Crippen molar-refractivity contribution in [1.29, 1.82) is 0 Å². The van der Waals surface area contributed by atoms with E-state index in [9.17, 15) is 9.59 Å². The summed E-state index contributed by atoms with van der Waals surface area (Å²) in [5.74, 6) is -0.133. The molecule has 0 saturated heterocycles. The molecule has 5 rings (SSSR count). The Hall–Kier alpha value is -4.17. The van der Waals surface area contributed by atoms with Crippen molar-refractivity contribution in [2.45, 2.75) is 46.3 Å². The SMILES string of the molecule is Cc1cc([C@@H](C)Nc2ccc(Cl)nc2C(=O)OC(C)(C)C)c2oc(-c3ccc4nn(C)cc4c3)cc(=O)c2c1. The van der Waals surface area contributed by atoms with E-state index < -0.39 is 11.6 Å². The highest BCUT2D eigenvalue weighted by Gasteiger charge is 2.24. The quantitative estimate of drug-likeness (QED) is 0.191. The highest BCUT2D eigenvalue weighted by atomic mass is 35.5. The first-order valence-corrected chi connectivity index (χ1v) is 12.9. The number of nitrogens with zero attached hydrogens (tertiary/aromatic N) is 3. The minimum absolute atomic E-state index is 0.0770. The monoisotopic (exact) mass is 544 g/mol. The van der Waals surface area contributed by atoms with Crippen molar-refractivity contribution in [3.63, 3.8) is 0 Å². The number of anilines is 1. The molecule has 0 aliphatic rings. The van der Waals surface area contributed by atoms with Crippen LogP contribution in [0.25, 0.3) is 33.2 Å². The molecule has 0 spiro atoms. The van der Waals surface area contributed by atoms with Crippen molar-refractivity contribution in [2.24, 2.45) is 7.05 Å². The molecule has 1 N–H and O–H groups in total. The Balaban J connectivity index is 1.58. The molecular formula is C30H29ClN4O4. The second-order valence-electron chi connectivity index (χ2n) is 10.7. The van der Waals surface area contributed by atoms with Crippen LogP contribution >= 0.6 is 11.6 Å². The molecule has 0 unspecified atom stereocenters. The predicted molar refractivity (Wildman–Crippen MR) is 153 cm³/mol. The summed E-state index contributed by atoms with van der Waals surface area (Å²) in [6.45, 7) is 9.21. The molecular weight excluding hydrogens is 516 g/mol. The van der Waals surface area contributed by atoms with Crippen LogP contribution in [0.2, 0.25) is 5.15 Å². The van der Waals surface area contributed by atoms with Gasteiger partial charge in [-0.1, -0.05) is 17.7 Å².